The summed E-state index contributed by atoms with van der Waals surface area (Å²) in [4.78, 5) is 2.53. The molecule has 2 nitrogen and oxygen atoms in total. The van der Waals surface area contributed by atoms with Gasteiger partial charge in [-0.2, -0.15) is 0 Å². The van der Waals surface area contributed by atoms with Crippen molar-refractivity contribution < 1.29 is 4.74 Å². The number of benzene rings is 1. The maximum Gasteiger partial charge on any atom is 0.122 e. The van der Waals surface area contributed by atoms with E-state index in [1.165, 1.54) is 24.1 Å². The van der Waals surface area contributed by atoms with Crippen LogP contribution in [0.15, 0.2) is 18.2 Å². The third-order valence-corrected chi connectivity index (χ3v) is 3.77. The summed E-state index contributed by atoms with van der Waals surface area (Å²) in [5.41, 5.74) is 2.82. The molecule has 0 unspecified atom stereocenters. The van der Waals surface area contributed by atoms with Gasteiger partial charge in [0, 0.05) is 24.8 Å². The Bertz CT molecular complexity index is 375. The molecule has 0 aliphatic carbocycles. The first-order valence-electron chi connectivity index (χ1n) is 6.86. The molecule has 18 heavy (non-hydrogen) atoms. The van der Waals surface area contributed by atoms with E-state index < -0.39 is 0 Å². The van der Waals surface area contributed by atoms with E-state index in [2.05, 4.69) is 46.0 Å². The highest BCUT2D eigenvalue weighted by molar-refractivity contribution is 9.09. The zero-order valence-corrected chi connectivity index (χ0v) is 12.7. The lowest BCUT2D eigenvalue weighted by molar-refractivity contribution is 0.295. The van der Waals surface area contributed by atoms with Crippen LogP contribution in [0.2, 0.25) is 0 Å². The van der Waals surface area contributed by atoms with Crippen LogP contribution in [0.5, 0.6) is 5.75 Å². The van der Waals surface area contributed by atoms with E-state index in [-0.39, 0.29) is 0 Å². The minimum Gasteiger partial charge on any atom is -0.493 e. The zero-order valence-electron chi connectivity index (χ0n) is 11.1. The zero-order chi connectivity index (χ0) is 12.8. The summed E-state index contributed by atoms with van der Waals surface area (Å²) in [5.74, 6) is 1.09. The third kappa shape index (κ3) is 3.72. The number of fused-ring (bicyclic) bond motifs is 1. The van der Waals surface area contributed by atoms with E-state index >= 15 is 0 Å². The molecule has 3 heteroatoms. The first-order chi connectivity index (χ1) is 8.83. The molecule has 0 bridgehead atoms. The lowest BCUT2D eigenvalue weighted by atomic mass is 10.1. The van der Waals surface area contributed by atoms with E-state index in [9.17, 15) is 0 Å². The summed E-state index contributed by atoms with van der Waals surface area (Å²) in [6.07, 6.45) is 3.44. The number of halogens is 1. The highest BCUT2D eigenvalue weighted by Gasteiger charge is 2.12. The van der Waals surface area contributed by atoms with Gasteiger partial charge in [-0.3, -0.25) is 0 Å². The van der Waals surface area contributed by atoms with Crippen LogP contribution in [-0.4, -0.2) is 36.5 Å². The number of rotatable bonds is 7. The van der Waals surface area contributed by atoms with Crippen LogP contribution < -0.4 is 4.74 Å². The van der Waals surface area contributed by atoms with Crippen LogP contribution >= 0.6 is 15.9 Å². The minimum atomic E-state index is 0.852. The van der Waals surface area contributed by atoms with Crippen LogP contribution in [0.25, 0.3) is 0 Å². The van der Waals surface area contributed by atoms with Gasteiger partial charge < -0.3 is 9.64 Å². The number of ether oxygens (including phenoxy) is 1. The van der Waals surface area contributed by atoms with Crippen LogP contribution in [0.3, 0.4) is 0 Å². The standard InChI is InChI=1S/C15H22BrNO/c1-2-8-17(10-7-16)9-5-13-3-4-15-14(12-13)6-11-18-15/h3-4,12H,2,5-11H2,1H3. The lowest BCUT2D eigenvalue weighted by Gasteiger charge is -2.20. The normalized spacial score (nSPS) is 13.7. The fourth-order valence-electron chi connectivity index (χ4n) is 2.45. The van der Waals surface area contributed by atoms with Gasteiger partial charge in [0.25, 0.3) is 0 Å². The van der Waals surface area contributed by atoms with Crippen LogP contribution in [-0.2, 0) is 12.8 Å². The molecule has 0 saturated heterocycles. The Morgan fingerprint density at radius 2 is 2.17 bits per heavy atom. The van der Waals surface area contributed by atoms with Gasteiger partial charge in [0.2, 0.25) is 0 Å². The average molecular weight is 312 g/mol. The van der Waals surface area contributed by atoms with Crippen molar-refractivity contribution in [3.8, 4) is 5.75 Å². The van der Waals surface area contributed by atoms with E-state index in [0.29, 0.717) is 0 Å². The second-order valence-electron chi connectivity index (χ2n) is 4.82. The Kier molecular flexibility index (Phi) is 5.51. The van der Waals surface area contributed by atoms with Crippen molar-refractivity contribution in [3.63, 3.8) is 0 Å². The van der Waals surface area contributed by atoms with Crippen molar-refractivity contribution in [1.29, 1.82) is 0 Å². The van der Waals surface area contributed by atoms with Gasteiger partial charge in [0.1, 0.15) is 5.75 Å². The largest absolute Gasteiger partial charge is 0.493 e. The molecule has 0 aromatic heterocycles. The lowest BCUT2D eigenvalue weighted by Crippen LogP contribution is -2.28. The molecule has 1 aromatic rings. The Hall–Kier alpha value is -0.540. The summed E-state index contributed by atoms with van der Waals surface area (Å²) >= 11 is 3.53. The Morgan fingerprint density at radius 3 is 2.94 bits per heavy atom. The van der Waals surface area contributed by atoms with Crippen molar-refractivity contribution in [1.82, 2.24) is 4.90 Å². The van der Waals surface area contributed by atoms with Crippen LogP contribution in [0.4, 0.5) is 0 Å². The smallest absolute Gasteiger partial charge is 0.122 e. The fraction of sp³-hybridized carbons (Fsp3) is 0.600. The van der Waals surface area contributed by atoms with Crippen molar-refractivity contribution in [2.75, 3.05) is 31.6 Å². The minimum absolute atomic E-state index is 0.852. The monoisotopic (exact) mass is 311 g/mol. The second-order valence-corrected chi connectivity index (χ2v) is 5.61. The van der Waals surface area contributed by atoms with Crippen molar-refractivity contribution in [2.24, 2.45) is 0 Å². The second kappa shape index (κ2) is 7.15. The van der Waals surface area contributed by atoms with Gasteiger partial charge in [0.15, 0.2) is 0 Å². The molecule has 0 amide bonds. The van der Waals surface area contributed by atoms with E-state index in [1.807, 2.05) is 0 Å². The number of hydrogen-bond acceptors (Lipinski definition) is 2. The summed E-state index contributed by atoms with van der Waals surface area (Å²) in [6.45, 7) is 6.58. The topological polar surface area (TPSA) is 12.5 Å². The third-order valence-electron chi connectivity index (χ3n) is 3.41. The Balaban J connectivity index is 1.88. The predicted molar refractivity (Wildman–Crippen MR) is 79.9 cm³/mol. The highest BCUT2D eigenvalue weighted by Crippen LogP contribution is 2.26. The van der Waals surface area contributed by atoms with E-state index in [1.54, 1.807) is 0 Å². The first-order valence-corrected chi connectivity index (χ1v) is 7.98. The SMILES string of the molecule is CCCN(CCBr)CCc1ccc2c(c1)CCO2. The molecule has 1 heterocycles. The molecule has 1 aliphatic heterocycles. The summed E-state index contributed by atoms with van der Waals surface area (Å²) in [5, 5.41) is 1.06. The molecule has 1 aliphatic rings. The molecule has 0 atom stereocenters. The van der Waals surface area contributed by atoms with E-state index in [0.717, 1.165) is 43.6 Å². The average Bonchev–Trinajstić information content (AvgIpc) is 2.84. The quantitative estimate of drug-likeness (QED) is 0.717. The molecule has 1 aromatic carbocycles. The van der Waals surface area contributed by atoms with Gasteiger partial charge in [-0.05, 0) is 36.6 Å². The molecule has 0 saturated carbocycles. The first kappa shape index (κ1) is 13.9. The number of nitrogens with zero attached hydrogens (tertiary/aromatic N) is 1. The maximum atomic E-state index is 5.54. The molecular formula is C15H22BrNO. The van der Waals surface area contributed by atoms with Gasteiger partial charge in [-0.15, -0.1) is 0 Å². The summed E-state index contributed by atoms with van der Waals surface area (Å²) in [7, 11) is 0. The van der Waals surface area contributed by atoms with Gasteiger partial charge in [-0.1, -0.05) is 35.0 Å². The molecule has 0 radical (unpaired) electrons. The molecule has 0 N–H and O–H groups in total. The maximum absolute atomic E-state index is 5.54. The molecule has 0 fully saturated rings. The van der Waals surface area contributed by atoms with Gasteiger partial charge in [-0.25, -0.2) is 0 Å². The van der Waals surface area contributed by atoms with Crippen LogP contribution in [0.1, 0.15) is 24.5 Å². The van der Waals surface area contributed by atoms with Crippen LogP contribution in [0, 0.1) is 0 Å². The van der Waals surface area contributed by atoms with E-state index in [4.69, 9.17) is 4.74 Å². The van der Waals surface area contributed by atoms with Gasteiger partial charge in [0.05, 0.1) is 6.61 Å². The Labute approximate surface area is 118 Å². The van der Waals surface area contributed by atoms with Crippen molar-refractivity contribution in [2.45, 2.75) is 26.2 Å². The highest BCUT2D eigenvalue weighted by atomic mass is 79.9. The molecular weight excluding hydrogens is 290 g/mol. The molecule has 2 rings (SSSR count). The number of hydrogen-bond donors (Lipinski definition) is 0. The Morgan fingerprint density at radius 1 is 1.28 bits per heavy atom. The summed E-state index contributed by atoms with van der Waals surface area (Å²) in [6, 6.07) is 6.66. The van der Waals surface area contributed by atoms with Gasteiger partial charge >= 0.3 is 0 Å². The predicted octanol–water partition coefficient (Wildman–Crippen LogP) is 3.27. The molecule has 100 valence electrons. The van der Waals surface area contributed by atoms with Crippen molar-refractivity contribution in [3.05, 3.63) is 29.3 Å². The summed E-state index contributed by atoms with van der Waals surface area (Å²) < 4.78 is 5.54. The molecule has 0 spiro atoms. The number of alkyl halides is 1. The van der Waals surface area contributed by atoms with Crippen molar-refractivity contribution >= 4 is 15.9 Å². The fourth-order valence-corrected chi connectivity index (χ4v) is 2.96.